The van der Waals surface area contributed by atoms with E-state index in [1.807, 2.05) is 10.9 Å². The number of methoxy groups -OCH3 is 1. The van der Waals surface area contributed by atoms with Crippen molar-refractivity contribution in [2.75, 3.05) is 49.7 Å². The molecule has 0 bridgehead atoms. The van der Waals surface area contributed by atoms with Crippen LogP contribution in [0, 0.1) is 13.8 Å². The van der Waals surface area contributed by atoms with E-state index in [1.54, 1.807) is 13.4 Å². The Morgan fingerprint density at radius 3 is 2.56 bits per heavy atom. The van der Waals surface area contributed by atoms with Crippen molar-refractivity contribution in [1.29, 1.82) is 0 Å². The number of anilines is 2. The second-order valence-corrected chi connectivity index (χ2v) is 6.99. The molecule has 1 fully saturated rings. The summed E-state index contributed by atoms with van der Waals surface area (Å²) in [7, 11) is 1.70. The number of hydrogen-bond acceptors (Lipinski definition) is 6. The van der Waals surface area contributed by atoms with E-state index >= 15 is 0 Å². The maximum atomic E-state index is 5.17. The Morgan fingerprint density at radius 1 is 1.00 bits per heavy atom. The largest absolute Gasteiger partial charge is 0.383 e. The summed E-state index contributed by atoms with van der Waals surface area (Å²) in [6.45, 7) is 9.54. The van der Waals surface area contributed by atoms with Gasteiger partial charge in [-0.1, -0.05) is 12.1 Å². The second-order valence-electron chi connectivity index (χ2n) is 6.99. The van der Waals surface area contributed by atoms with Crippen molar-refractivity contribution >= 4 is 22.7 Å². The van der Waals surface area contributed by atoms with Crippen molar-refractivity contribution in [1.82, 2.24) is 19.5 Å². The predicted molar refractivity (Wildman–Crippen MR) is 108 cm³/mol. The highest BCUT2D eigenvalue weighted by molar-refractivity contribution is 5.83. The molecule has 3 heterocycles. The van der Waals surface area contributed by atoms with Gasteiger partial charge in [-0.2, -0.15) is 0 Å². The van der Waals surface area contributed by atoms with Crippen LogP contribution in [0.25, 0.3) is 11.2 Å². The summed E-state index contributed by atoms with van der Waals surface area (Å²) in [5.41, 5.74) is 5.79. The predicted octanol–water partition coefficient (Wildman–Crippen LogP) is 2.42. The van der Waals surface area contributed by atoms with Crippen LogP contribution in [0.4, 0.5) is 11.5 Å². The van der Waals surface area contributed by atoms with Crippen LogP contribution in [0.2, 0.25) is 0 Å². The van der Waals surface area contributed by atoms with Gasteiger partial charge in [0.1, 0.15) is 6.33 Å². The monoisotopic (exact) mass is 366 g/mol. The fraction of sp³-hybridized carbons (Fsp3) is 0.450. The number of piperazine rings is 1. The first-order chi connectivity index (χ1) is 13.2. The van der Waals surface area contributed by atoms with Crippen LogP contribution in [0.3, 0.4) is 0 Å². The average molecular weight is 366 g/mol. The van der Waals surface area contributed by atoms with E-state index < -0.39 is 0 Å². The molecule has 1 aromatic carbocycles. The number of imidazole rings is 1. The zero-order chi connectivity index (χ0) is 18.8. The third-order valence-electron chi connectivity index (χ3n) is 5.41. The topological polar surface area (TPSA) is 59.3 Å². The second kappa shape index (κ2) is 7.52. The van der Waals surface area contributed by atoms with Crippen molar-refractivity contribution in [2.45, 2.75) is 20.4 Å². The minimum absolute atomic E-state index is 0.638. The quantitative estimate of drug-likeness (QED) is 0.691. The van der Waals surface area contributed by atoms with Gasteiger partial charge in [-0.25, -0.2) is 15.0 Å². The minimum Gasteiger partial charge on any atom is -0.383 e. The molecular weight excluding hydrogens is 340 g/mol. The molecule has 0 saturated carbocycles. The first-order valence-electron chi connectivity index (χ1n) is 9.40. The van der Waals surface area contributed by atoms with E-state index in [4.69, 9.17) is 4.74 Å². The van der Waals surface area contributed by atoms with Crippen LogP contribution in [-0.2, 0) is 11.3 Å². The molecule has 1 aliphatic heterocycles. The van der Waals surface area contributed by atoms with Crippen LogP contribution < -0.4 is 9.80 Å². The van der Waals surface area contributed by atoms with E-state index in [-0.39, 0.29) is 0 Å². The number of aromatic nitrogens is 4. The number of benzene rings is 1. The van der Waals surface area contributed by atoms with Gasteiger partial charge in [0.25, 0.3) is 0 Å². The Bertz CT molecular complexity index is 929. The molecule has 7 nitrogen and oxygen atoms in total. The molecule has 7 heteroatoms. The smallest absolute Gasteiger partial charge is 0.165 e. The lowest BCUT2D eigenvalue weighted by atomic mass is 10.1. The Kier molecular flexibility index (Phi) is 4.94. The molecule has 0 amide bonds. The normalized spacial score (nSPS) is 14.9. The van der Waals surface area contributed by atoms with E-state index in [1.165, 1.54) is 16.8 Å². The number of fused-ring (bicyclic) bond motifs is 1. The molecule has 0 radical (unpaired) electrons. The summed E-state index contributed by atoms with van der Waals surface area (Å²) >= 11 is 0. The van der Waals surface area contributed by atoms with E-state index in [2.05, 4.69) is 56.8 Å². The summed E-state index contributed by atoms with van der Waals surface area (Å²) in [6, 6.07) is 6.54. The number of hydrogen-bond donors (Lipinski definition) is 0. The van der Waals surface area contributed by atoms with Gasteiger partial charge in [-0.15, -0.1) is 0 Å². The fourth-order valence-corrected chi connectivity index (χ4v) is 3.69. The molecule has 3 aromatic rings. The first-order valence-corrected chi connectivity index (χ1v) is 9.40. The van der Waals surface area contributed by atoms with Crippen molar-refractivity contribution in [3.63, 3.8) is 0 Å². The maximum absolute atomic E-state index is 5.17. The molecule has 1 aliphatic rings. The van der Waals surface area contributed by atoms with E-state index in [9.17, 15) is 0 Å². The zero-order valence-electron chi connectivity index (χ0n) is 16.2. The number of nitrogens with zero attached hydrogens (tertiary/aromatic N) is 6. The third kappa shape index (κ3) is 3.35. The standard InChI is InChI=1S/C20H26N6O/c1-15-5-4-6-17(16(15)2)24-7-9-25(10-8-24)19-18-20(22-13-21-19)26(14-23-18)11-12-27-3/h4-6,13-14H,7-12H2,1-3H3. The van der Waals surface area contributed by atoms with Crippen LogP contribution in [0.5, 0.6) is 0 Å². The maximum Gasteiger partial charge on any atom is 0.165 e. The lowest BCUT2D eigenvalue weighted by molar-refractivity contribution is 0.188. The highest BCUT2D eigenvalue weighted by Crippen LogP contribution is 2.27. The molecule has 0 unspecified atom stereocenters. The Morgan fingerprint density at radius 2 is 1.78 bits per heavy atom. The lowest BCUT2D eigenvalue weighted by Gasteiger charge is -2.37. The Hall–Kier alpha value is -2.67. The summed E-state index contributed by atoms with van der Waals surface area (Å²) in [5, 5.41) is 0. The van der Waals surface area contributed by atoms with Gasteiger partial charge >= 0.3 is 0 Å². The molecule has 1 saturated heterocycles. The molecular formula is C20H26N6O. The van der Waals surface area contributed by atoms with Crippen LogP contribution in [0.15, 0.2) is 30.9 Å². The summed E-state index contributed by atoms with van der Waals surface area (Å²) in [4.78, 5) is 18.3. The van der Waals surface area contributed by atoms with Crippen molar-refractivity contribution in [3.8, 4) is 0 Å². The zero-order valence-corrected chi connectivity index (χ0v) is 16.2. The van der Waals surface area contributed by atoms with Crippen molar-refractivity contribution in [3.05, 3.63) is 42.0 Å². The van der Waals surface area contributed by atoms with Gasteiger partial charge in [0.15, 0.2) is 17.0 Å². The van der Waals surface area contributed by atoms with Gasteiger partial charge in [-0.3, -0.25) is 0 Å². The Labute approximate surface area is 159 Å². The molecule has 0 atom stereocenters. The highest BCUT2D eigenvalue weighted by Gasteiger charge is 2.22. The van der Waals surface area contributed by atoms with Crippen molar-refractivity contribution in [2.24, 2.45) is 0 Å². The highest BCUT2D eigenvalue weighted by atomic mass is 16.5. The molecule has 4 rings (SSSR count). The van der Waals surface area contributed by atoms with Gasteiger partial charge in [0.05, 0.1) is 12.9 Å². The van der Waals surface area contributed by atoms with Crippen LogP contribution in [-0.4, -0.2) is 59.4 Å². The molecule has 2 aromatic heterocycles. The lowest BCUT2D eigenvalue weighted by Crippen LogP contribution is -2.47. The number of rotatable bonds is 5. The van der Waals surface area contributed by atoms with Gasteiger partial charge < -0.3 is 19.1 Å². The summed E-state index contributed by atoms with van der Waals surface area (Å²) < 4.78 is 7.20. The first kappa shape index (κ1) is 17.7. The molecule has 142 valence electrons. The summed E-state index contributed by atoms with van der Waals surface area (Å²) in [6.07, 6.45) is 3.47. The molecule has 0 aliphatic carbocycles. The average Bonchev–Trinajstić information content (AvgIpc) is 3.12. The fourth-order valence-electron chi connectivity index (χ4n) is 3.69. The molecule has 0 spiro atoms. The Balaban J connectivity index is 1.53. The van der Waals surface area contributed by atoms with Crippen LogP contribution >= 0.6 is 0 Å². The van der Waals surface area contributed by atoms with Gasteiger partial charge in [0.2, 0.25) is 0 Å². The van der Waals surface area contributed by atoms with E-state index in [0.29, 0.717) is 6.61 Å². The minimum atomic E-state index is 0.638. The van der Waals surface area contributed by atoms with Gasteiger partial charge in [0, 0.05) is 45.5 Å². The molecule has 0 N–H and O–H groups in total. The van der Waals surface area contributed by atoms with E-state index in [0.717, 1.165) is 49.7 Å². The number of ether oxygens (including phenoxy) is 1. The summed E-state index contributed by atoms with van der Waals surface area (Å²) in [5.74, 6) is 0.928. The SMILES string of the molecule is COCCn1cnc2c(N3CCN(c4cccc(C)c4C)CC3)ncnc21. The third-order valence-corrected chi connectivity index (χ3v) is 5.41. The molecule has 27 heavy (non-hydrogen) atoms. The van der Waals surface area contributed by atoms with Gasteiger partial charge in [-0.05, 0) is 31.0 Å². The van der Waals surface area contributed by atoms with Crippen LogP contribution in [0.1, 0.15) is 11.1 Å². The van der Waals surface area contributed by atoms with Crippen molar-refractivity contribution < 1.29 is 4.74 Å². The number of aryl methyl sites for hydroxylation is 1.